The van der Waals surface area contributed by atoms with Crippen LogP contribution < -0.4 is 5.73 Å². The van der Waals surface area contributed by atoms with E-state index in [1.807, 2.05) is 22.6 Å². The quantitative estimate of drug-likeness (QED) is 0.578. The molecule has 0 saturated carbocycles. The van der Waals surface area contributed by atoms with Gasteiger partial charge in [0.15, 0.2) is 0 Å². The number of halogens is 4. The molecule has 1 nitrogen and oxygen atoms in total. The highest BCUT2D eigenvalue weighted by atomic mass is 127. The average molecular weight is 301 g/mol. The van der Waals surface area contributed by atoms with E-state index in [4.69, 9.17) is 5.73 Å². The molecule has 1 aromatic carbocycles. The first-order valence-electron chi connectivity index (χ1n) is 3.45. The lowest BCUT2D eigenvalue weighted by molar-refractivity contribution is -0.138. The average Bonchev–Trinajstić information content (AvgIpc) is 1.94. The number of nitrogens with two attached hydrogens (primary N) is 1. The third kappa shape index (κ3) is 2.26. The topological polar surface area (TPSA) is 26.0 Å². The Bertz CT molecular complexity index is 333. The van der Waals surface area contributed by atoms with Crippen LogP contribution in [-0.4, -0.2) is 0 Å². The van der Waals surface area contributed by atoms with Crippen LogP contribution in [0.4, 0.5) is 18.9 Å². The fourth-order valence-corrected chi connectivity index (χ4v) is 1.62. The van der Waals surface area contributed by atoms with Crippen molar-refractivity contribution >= 4 is 28.3 Å². The SMILES string of the molecule is Cc1cc(I)c(N)cc1C(F)(F)F. The van der Waals surface area contributed by atoms with Gasteiger partial charge < -0.3 is 5.73 Å². The predicted octanol–water partition coefficient (Wildman–Crippen LogP) is 3.20. The van der Waals surface area contributed by atoms with Crippen LogP contribution in [0.5, 0.6) is 0 Å². The monoisotopic (exact) mass is 301 g/mol. The summed E-state index contributed by atoms with van der Waals surface area (Å²) in [6.45, 7) is 1.42. The molecule has 72 valence electrons. The molecule has 2 N–H and O–H groups in total. The van der Waals surface area contributed by atoms with Crippen molar-refractivity contribution in [3.63, 3.8) is 0 Å². The molecule has 0 atom stereocenters. The minimum absolute atomic E-state index is 0.165. The second kappa shape index (κ2) is 3.36. The molecule has 0 radical (unpaired) electrons. The van der Waals surface area contributed by atoms with Gasteiger partial charge in [-0.3, -0.25) is 0 Å². The van der Waals surface area contributed by atoms with Crippen molar-refractivity contribution in [1.82, 2.24) is 0 Å². The molecule has 0 saturated heterocycles. The molecule has 0 aromatic heterocycles. The summed E-state index contributed by atoms with van der Waals surface area (Å²) in [4.78, 5) is 0. The Morgan fingerprint density at radius 1 is 1.31 bits per heavy atom. The maximum Gasteiger partial charge on any atom is 0.416 e. The number of anilines is 1. The van der Waals surface area contributed by atoms with Crippen LogP contribution in [-0.2, 0) is 6.18 Å². The van der Waals surface area contributed by atoms with Crippen molar-refractivity contribution in [2.24, 2.45) is 0 Å². The molecule has 0 spiro atoms. The highest BCUT2D eigenvalue weighted by molar-refractivity contribution is 14.1. The Kier molecular flexibility index (Phi) is 2.74. The molecule has 0 amide bonds. The summed E-state index contributed by atoms with van der Waals surface area (Å²) in [5.41, 5.74) is 5.08. The largest absolute Gasteiger partial charge is 0.416 e. The van der Waals surface area contributed by atoms with Gasteiger partial charge in [-0.05, 0) is 47.2 Å². The van der Waals surface area contributed by atoms with E-state index in [0.29, 0.717) is 3.57 Å². The van der Waals surface area contributed by atoms with Gasteiger partial charge in [0.25, 0.3) is 0 Å². The summed E-state index contributed by atoms with van der Waals surface area (Å²) in [7, 11) is 0. The Morgan fingerprint density at radius 3 is 2.31 bits per heavy atom. The first kappa shape index (κ1) is 10.6. The first-order valence-corrected chi connectivity index (χ1v) is 4.53. The van der Waals surface area contributed by atoms with Gasteiger partial charge in [0.2, 0.25) is 0 Å². The first-order chi connectivity index (χ1) is 5.82. The van der Waals surface area contributed by atoms with Gasteiger partial charge >= 0.3 is 6.18 Å². The van der Waals surface area contributed by atoms with Gasteiger partial charge in [-0.2, -0.15) is 13.2 Å². The second-order valence-corrected chi connectivity index (χ2v) is 3.85. The number of alkyl halides is 3. The predicted molar refractivity (Wildman–Crippen MR) is 53.3 cm³/mol. The highest BCUT2D eigenvalue weighted by Gasteiger charge is 2.32. The number of nitrogen functional groups attached to an aromatic ring is 1. The van der Waals surface area contributed by atoms with Gasteiger partial charge in [-0.25, -0.2) is 0 Å². The van der Waals surface area contributed by atoms with Crippen LogP contribution in [0.2, 0.25) is 0 Å². The third-order valence-electron chi connectivity index (χ3n) is 1.65. The molecule has 0 aliphatic heterocycles. The fraction of sp³-hybridized carbons (Fsp3) is 0.250. The molecule has 0 unspecified atom stereocenters. The summed E-state index contributed by atoms with van der Waals surface area (Å²) in [6, 6.07) is 2.40. The van der Waals surface area contributed by atoms with Gasteiger partial charge in [-0.1, -0.05) is 0 Å². The molecular weight excluding hydrogens is 294 g/mol. The van der Waals surface area contributed by atoms with Crippen LogP contribution in [0.15, 0.2) is 12.1 Å². The van der Waals surface area contributed by atoms with Gasteiger partial charge in [0.05, 0.1) is 5.56 Å². The van der Waals surface area contributed by atoms with Crippen LogP contribution in [0.1, 0.15) is 11.1 Å². The number of aryl methyl sites for hydroxylation is 1. The lowest BCUT2D eigenvalue weighted by Crippen LogP contribution is -2.08. The maximum atomic E-state index is 12.3. The van der Waals surface area contributed by atoms with Crippen molar-refractivity contribution in [3.8, 4) is 0 Å². The summed E-state index contributed by atoms with van der Waals surface area (Å²) in [5.74, 6) is 0. The second-order valence-electron chi connectivity index (χ2n) is 2.69. The summed E-state index contributed by atoms with van der Waals surface area (Å²) < 4.78 is 37.5. The Labute approximate surface area is 87.3 Å². The number of rotatable bonds is 0. The van der Waals surface area contributed by atoms with Gasteiger partial charge in [0.1, 0.15) is 0 Å². The van der Waals surface area contributed by atoms with Crippen molar-refractivity contribution in [2.45, 2.75) is 13.1 Å². The van der Waals surface area contributed by atoms with E-state index in [1.165, 1.54) is 13.0 Å². The zero-order valence-electron chi connectivity index (χ0n) is 6.74. The molecule has 0 aliphatic rings. The molecule has 0 heterocycles. The number of benzene rings is 1. The van der Waals surface area contributed by atoms with E-state index in [1.54, 1.807) is 0 Å². The summed E-state index contributed by atoms with van der Waals surface area (Å²) in [6.07, 6.45) is -4.32. The van der Waals surface area contributed by atoms with Gasteiger partial charge in [0, 0.05) is 9.26 Å². The fourth-order valence-electron chi connectivity index (χ4n) is 0.995. The van der Waals surface area contributed by atoms with Crippen LogP contribution in [0.3, 0.4) is 0 Å². The summed E-state index contributed by atoms with van der Waals surface area (Å²) in [5, 5.41) is 0. The lowest BCUT2D eigenvalue weighted by Gasteiger charge is -2.11. The van der Waals surface area contributed by atoms with E-state index >= 15 is 0 Å². The Balaban J connectivity index is 3.32. The maximum absolute atomic E-state index is 12.3. The third-order valence-corrected chi connectivity index (χ3v) is 2.58. The van der Waals surface area contributed by atoms with E-state index in [2.05, 4.69) is 0 Å². The molecule has 0 fully saturated rings. The van der Waals surface area contributed by atoms with E-state index in [0.717, 1.165) is 6.07 Å². The zero-order valence-corrected chi connectivity index (χ0v) is 8.90. The highest BCUT2D eigenvalue weighted by Crippen LogP contribution is 2.34. The van der Waals surface area contributed by atoms with Crippen molar-refractivity contribution in [2.75, 3.05) is 5.73 Å². The molecule has 0 bridgehead atoms. The lowest BCUT2D eigenvalue weighted by atomic mass is 10.1. The van der Waals surface area contributed by atoms with Crippen LogP contribution >= 0.6 is 22.6 Å². The van der Waals surface area contributed by atoms with E-state index in [9.17, 15) is 13.2 Å². The summed E-state index contributed by atoms with van der Waals surface area (Å²) >= 11 is 1.90. The van der Waals surface area contributed by atoms with Crippen LogP contribution in [0.25, 0.3) is 0 Å². The Morgan fingerprint density at radius 2 is 1.85 bits per heavy atom. The van der Waals surface area contributed by atoms with E-state index in [-0.39, 0.29) is 11.3 Å². The van der Waals surface area contributed by atoms with Gasteiger partial charge in [-0.15, -0.1) is 0 Å². The van der Waals surface area contributed by atoms with E-state index < -0.39 is 11.7 Å². The smallest absolute Gasteiger partial charge is 0.398 e. The van der Waals surface area contributed by atoms with Crippen molar-refractivity contribution < 1.29 is 13.2 Å². The molecule has 1 rings (SSSR count). The molecule has 13 heavy (non-hydrogen) atoms. The number of hydrogen-bond acceptors (Lipinski definition) is 1. The van der Waals surface area contributed by atoms with Crippen molar-refractivity contribution in [1.29, 1.82) is 0 Å². The minimum atomic E-state index is -4.32. The van der Waals surface area contributed by atoms with Crippen LogP contribution in [0, 0.1) is 10.5 Å². The number of hydrogen-bond donors (Lipinski definition) is 1. The molecule has 1 aromatic rings. The molecule has 0 aliphatic carbocycles. The van der Waals surface area contributed by atoms with Crippen molar-refractivity contribution in [3.05, 3.63) is 26.8 Å². The Hall–Kier alpha value is -0.460. The normalized spacial score (nSPS) is 11.8. The zero-order chi connectivity index (χ0) is 10.2. The molecular formula is C8H7F3IN. The minimum Gasteiger partial charge on any atom is -0.398 e. The molecule has 5 heteroatoms. The standard InChI is InChI=1S/C8H7F3IN/c1-4-2-6(12)7(13)3-5(4)8(9,10)11/h2-3H,13H2,1H3.